The molecule has 0 saturated carbocycles. The summed E-state index contributed by atoms with van der Waals surface area (Å²) in [6.07, 6.45) is 1.21. The van der Waals surface area contributed by atoms with Crippen molar-refractivity contribution in [1.29, 1.82) is 0 Å². The van der Waals surface area contributed by atoms with Gasteiger partial charge in [-0.3, -0.25) is 9.59 Å². The van der Waals surface area contributed by atoms with Crippen molar-refractivity contribution in [3.63, 3.8) is 0 Å². The van der Waals surface area contributed by atoms with Crippen LogP contribution in [0.25, 0.3) is 0 Å². The zero-order chi connectivity index (χ0) is 15.1. The maximum atomic E-state index is 11.7. The third-order valence-corrected chi connectivity index (χ3v) is 4.85. The van der Waals surface area contributed by atoms with E-state index in [1.54, 1.807) is 6.07 Å². The summed E-state index contributed by atoms with van der Waals surface area (Å²) in [4.78, 5) is 27.7. The van der Waals surface area contributed by atoms with E-state index in [1.165, 1.54) is 6.42 Å². The molecule has 2 heterocycles. The van der Waals surface area contributed by atoms with Gasteiger partial charge in [0.15, 0.2) is 0 Å². The van der Waals surface area contributed by atoms with Gasteiger partial charge in [-0.1, -0.05) is 0 Å². The fraction of sp³-hybridized carbons (Fsp3) is 0.467. The van der Waals surface area contributed by atoms with Gasteiger partial charge in [0, 0.05) is 24.6 Å². The van der Waals surface area contributed by atoms with Crippen LogP contribution in [0.2, 0.25) is 0 Å². The molecule has 0 bridgehead atoms. The summed E-state index contributed by atoms with van der Waals surface area (Å²) in [5.74, 6) is -0.359. The van der Waals surface area contributed by atoms with Crippen LogP contribution in [0.1, 0.15) is 16.8 Å². The number of hydrogen-bond donors (Lipinski definition) is 1. The molecule has 1 unspecified atom stereocenters. The molecule has 1 amide bonds. The van der Waals surface area contributed by atoms with Crippen LogP contribution >= 0.6 is 15.9 Å². The lowest BCUT2D eigenvalue weighted by Crippen LogP contribution is -2.27. The molecule has 1 atom stereocenters. The Morgan fingerprint density at radius 3 is 2.86 bits per heavy atom. The number of benzene rings is 1. The number of anilines is 2. The molecule has 1 N–H and O–H groups in total. The Bertz CT molecular complexity index is 617. The van der Waals surface area contributed by atoms with E-state index in [0.29, 0.717) is 17.2 Å². The summed E-state index contributed by atoms with van der Waals surface area (Å²) < 4.78 is 0.847. The van der Waals surface area contributed by atoms with E-state index >= 15 is 0 Å². The molecule has 0 spiro atoms. The second kappa shape index (κ2) is 5.42. The van der Waals surface area contributed by atoms with Gasteiger partial charge in [0.1, 0.15) is 0 Å². The highest BCUT2D eigenvalue weighted by Gasteiger charge is 2.30. The number of hydrogen-bond acceptors (Lipinski definition) is 4. The van der Waals surface area contributed by atoms with Crippen molar-refractivity contribution in [2.45, 2.75) is 6.42 Å². The Labute approximate surface area is 132 Å². The second-order valence-electron chi connectivity index (χ2n) is 5.93. The Morgan fingerprint density at radius 2 is 2.19 bits per heavy atom. The number of Topliss-reactive ketones (excluding diaryl/α,β-unsaturated/α-hetero) is 1. The maximum Gasteiger partial charge on any atom is 0.296 e. The van der Waals surface area contributed by atoms with Gasteiger partial charge >= 0.3 is 0 Å². The van der Waals surface area contributed by atoms with Crippen LogP contribution in [0.15, 0.2) is 16.6 Å². The number of likely N-dealkylation sites (tertiary alicyclic amines) is 1. The van der Waals surface area contributed by atoms with Crippen molar-refractivity contribution >= 4 is 39.0 Å². The van der Waals surface area contributed by atoms with E-state index in [9.17, 15) is 9.59 Å². The predicted molar refractivity (Wildman–Crippen MR) is 86.0 cm³/mol. The highest BCUT2D eigenvalue weighted by atomic mass is 79.9. The summed E-state index contributed by atoms with van der Waals surface area (Å²) in [5.41, 5.74) is 2.06. The van der Waals surface area contributed by atoms with E-state index in [4.69, 9.17) is 0 Å². The summed E-state index contributed by atoms with van der Waals surface area (Å²) in [6.45, 7) is 3.22. The van der Waals surface area contributed by atoms with E-state index in [-0.39, 0.29) is 0 Å². The highest BCUT2D eigenvalue weighted by Crippen LogP contribution is 2.35. The summed E-state index contributed by atoms with van der Waals surface area (Å²) in [6, 6.07) is 3.61. The molecule has 0 radical (unpaired) electrons. The Balaban J connectivity index is 1.81. The first kappa shape index (κ1) is 14.5. The van der Waals surface area contributed by atoms with Gasteiger partial charge in [-0.2, -0.15) is 0 Å². The third-order valence-electron chi connectivity index (χ3n) is 4.22. The molecular formula is C15H18BrN3O2. The zero-order valence-electron chi connectivity index (χ0n) is 12.1. The number of nitrogens with one attached hydrogen (secondary N) is 1. The molecule has 112 valence electrons. The third kappa shape index (κ3) is 2.70. The van der Waals surface area contributed by atoms with E-state index in [1.807, 2.05) is 13.1 Å². The number of ketones is 1. The number of carbonyl (C=O) groups excluding carboxylic acids is 2. The summed E-state index contributed by atoms with van der Waals surface area (Å²) >= 11 is 3.52. The first-order valence-corrected chi connectivity index (χ1v) is 7.84. The molecule has 1 saturated heterocycles. The van der Waals surface area contributed by atoms with Crippen LogP contribution in [-0.4, -0.2) is 50.3 Å². The van der Waals surface area contributed by atoms with Crippen LogP contribution in [0, 0.1) is 5.92 Å². The van der Waals surface area contributed by atoms with Crippen LogP contribution in [-0.2, 0) is 4.79 Å². The van der Waals surface area contributed by atoms with Gasteiger partial charge in [-0.25, -0.2) is 0 Å². The Kier molecular flexibility index (Phi) is 3.75. The standard InChI is InChI=1S/C15H18BrN3O2/c1-18-4-3-9(7-18)8-19(2)13-6-12-10(5-11(13)16)14(20)15(21)17-12/h5-6,9H,3-4,7-8H2,1-2H3,(H,17,20,21). The van der Waals surface area contributed by atoms with Crippen LogP contribution in [0.4, 0.5) is 11.4 Å². The average Bonchev–Trinajstić information content (AvgIpc) is 2.95. The molecule has 3 rings (SSSR count). The number of amides is 1. The van der Waals surface area contributed by atoms with E-state index < -0.39 is 11.7 Å². The van der Waals surface area contributed by atoms with Crippen molar-refractivity contribution < 1.29 is 9.59 Å². The average molecular weight is 352 g/mol. The lowest BCUT2D eigenvalue weighted by molar-refractivity contribution is -0.112. The number of nitrogens with zero attached hydrogens (tertiary/aromatic N) is 2. The minimum absolute atomic E-state index is 0.449. The molecule has 2 aliphatic rings. The van der Waals surface area contributed by atoms with Crippen LogP contribution in [0.3, 0.4) is 0 Å². The number of fused-ring (bicyclic) bond motifs is 1. The van der Waals surface area contributed by atoms with E-state index in [0.717, 1.165) is 29.8 Å². The normalized spacial score (nSPS) is 21.6. The SMILES string of the molecule is CN1CCC(CN(C)c2cc3c(cc2Br)C(=O)C(=O)N3)C1. The maximum absolute atomic E-state index is 11.7. The summed E-state index contributed by atoms with van der Waals surface area (Å²) in [7, 11) is 4.19. The van der Waals surface area contributed by atoms with E-state index in [2.05, 4.69) is 38.1 Å². The molecule has 1 aromatic carbocycles. The van der Waals surface area contributed by atoms with Gasteiger partial charge in [0.25, 0.3) is 11.7 Å². The van der Waals surface area contributed by atoms with Gasteiger partial charge in [-0.15, -0.1) is 0 Å². The largest absolute Gasteiger partial charge is 0.373 e. The lowest BCUT2D eigenvalue weighted by atomic mass is 10.1. The monoisotopic (exact) mass is 351 g/mol. The Hall–Kier alpha value is -1.40. The predicted octanol–water partition coefficient (Wildman–Crippen LogP) is 1.97. The zero-order valence-corrected chi connectivity index (χ0v) is 13.7. The van der Waals surface area contributed by atoms with Crippen molar-refractivity contribution in [3.05, 3.63) is 22.2 Å². The molecule has 21 heavy (non-hydrogen) atoms. The number of carbonyl (C=O) groups is 2. The first-order valence-electron chi connectivity index (χ1n) is 7.04. The van der Waals surface area contributed by atoms with Crippen molar-refractivity contribution in [2.75, 3.05) is 43.9 Å². The van der Waals surface area contributed by atoms with Crippen LogP contribution < -0.4 is 10.2 Å². The fourth-order valence-corrected chi connectivity index (χ4v) is 3.75. The van der Waals surface area contributed by atoms with Crippen molar-refractivity contribution in [1.82, 2.24) is 4.90 Å². The van der Waals surface area contributed by atoms with Crippen molar-refractivity contribution in [3.8, 4) is 0 Å². The fourth-order valence-electron chi connectivity index (χ4n) is 3.11. The molecular weight excluding hydrogens is 334 g/mol. The van der Waals surface area contributed by atoms with Crippen LogP contribution in [0.5, 0.6) is 0 Å². The molecule has 0 aliphatic carbocycles. The van der Waals surface area contributed by atoms with Gasteiger partial charge in [0.05, 0.1) is 16.9 Å². The summed E-state index contributed by atoms with van der Waals surface area (Å²) in [5, 5.41) is 2.63. The second-order valence-corrected chi connectivity index (χ2v) is 6.78. The smallest absolute Gasteiger partial charge is 0.296 e. The molecule has 1 fully saturated rings. The minimum Gasteiger partial charge on any atom is -0.373 e. The number of rotatable bonds is 3. The molecule has 2 aliphatic heterocycles. The molecule has 6 heteroatoms. The number of halogens is 1. The quantitative estimate of drug-likeness (QED) is 0.846. The molecule has 0 aromatic heterocycles. The topological polar surface area (TPSA) is 52.7 Å². The lowest BCUT2D eigenvalue weighted by Gasteiger charge is -2.24. The molecule has 5 nitrogen and oxygen atoms in total. The first-order chi connectivity index (χ1) is 9.95. The van der Waals surface area contributed by atoms with Gasteiger partial charge < -0.3 is 15.1 Å². The minimum atomic E-state index is -0.547. The van der Waals surface area contributed by atoms with Crippen molar-refractivity contribution in [2.24, 2.45) is 5.92 Å². The van der Waals surface area contributed by atoms with Gasteiger partial charge in [-0.05, 0) is 54.0 Å². The molecule has 1 aromatic rings. The van der Waals surface area contributed by atoms with Gasteiger partial charge in [0.2, 0.25) is 0 Å². The highest BCUT2D eigenvalue weighted by molar-refractivity contribution is 9.10. The Morgan fingerprint density at radius 1 is 1.43 bits per heavy atom.